The Hall–Kier alpha value is -1.66. The van der Waals surface area contributed by atoms with E-state index in [0.717, 1.165) is 35.1 Å². The third-order valence-electron chi connectivity index (χ3n) is 7.23. The van der Waals surface area contributed by atoms with Crippen LogP contribution < -0.4 is 0 Å². The standard InChI is InChI=1S/C22H38N4O2/c1-7-25(3,4)15-13-23-19-11-9-18(21(23)27)20-12-10-17(19)22(28)24(20)14-16-26(5,6)8-2/h9-12,17-20H,7-8,13-16H2,1-6H3/q+2/t17-,18-,19-,20+/m0/s1. The first kappa shape index (κ1) is 21.1. The fourth-order valence-corrected chi connectivity index (χ4v) is 4.25. The van der Waals surface area contributed by atoms with Gasteiger partial charge in [0, 0.05) is 0 Å². The molecular formula is C22H38N4O2+2. The monoisotopic (exact) mass is 390 g/mol. The topological polar surface area (TPSA) is 40.6 Å². The van der Waals surface area contributed by atoms with Gasteiger partial charge in [0.1, 0.15) is 0 Å². The molecule has 6 aliphatic rings. The molecule has 0 aromatic rings. The fraction of sp³-hybridized carbons (Fsp3) is 0.727. The molecule has 4 bridgehead atoms. The van der Waals surface area contributed by atoms with Gasteiger partial charge in [-0.3, -0.25) is 9.59 Å². The second-order valence-corrected chi connectivity index (χ2v) is 9.82. The van der Waals surface area contributed by atoms with Crippen LogP contribution in [-0.2, 0) is 9.59 Å². The smallest absolute Gasteiger partial charge is 0.232 e. The van der Waals surface area contributed by atoms with Crippen LogP contribution in [0.2, 0.25) is 0 Å². The normalized spacial score (nSPS) is 29.6. The number of carbonyl (C=O) groups excluding carboxylic acids is 2. The van der Waals surface area contributed by atoms with E-state index in [2.05, 4.69) is 66.3 Å². The molecule has 1 saturated heterocycles. The van der Waals surface area contributed by atoms with E-state index in [0.29, 0.717) is 13.1 Å². The molecule has 0 unspecified atom stereocenters. The summed E-state index contributed by atoms with van der Waals surface area (Å²) in [7, 11) is 8.76. The van der Waals surface area contributed by atoms with Crippen molar-refractivity contribution < 1.29 is 18.6 Å². The Morgan fingerprint density at radius 3 is 1.39 bits per heavy atom. The summed E-state index contributed by atoms with van der Waals surface area (Å²) < 4.78 is 1.75. The van der Waals surface area contributed by atoms with Crippen molar-refractivity contribution in [1.82, 2.24) is 9.80 Å². The summed E-state index contributed by atoms with van der Waals surface area (Å²) in [5.41, 5.74) is 0. The van der Waals surface area contributed by atoms with Crippen LogP contribution >= 0.6 is 0 Å². The van der Waals surface area contributed by atoms with Crippen LogP contribution in [0.5, 0.6) is 0 Å². The molecule has 0 saturated carbocycles. The largest absolute Gasteiger partial charge is 0.329 e. The molecule has 156 valence electrons. The summed E-state index contributed by atoms with van der Waals surface area (Å²) in [6, 6.07) is -0.302. The third kappa shape index (κ3) is 3.90. The van der Waals surface area contributed by atoms with Crippen molar-refractivity contribution in [2.24, 2.45) is 11.8 Å². The van der Waals surface area contributed by atoms with Gasteiger partial charge in [-0.15, -0.1) is 0 Å². The van der Waals surface area contributed by atoms with E-state index in [9.17, 15) is 9.59 Å². The summed E-state index contributed by atoms with van der Waals surface area (Å²) in [6.07, 6.45) is 8.34. The summed E-state index contributed by atoms with van der Waals surface area (Å²) >= 11 is 0. The van der Waals surface area contributed by atoms with Crippen LogP contribution in [0.25, 0.3) is 0 Å². The van der Waals surface area contributed by atoms with Crippen molar-refractivity contribution in [3.63, 3.8) is 0 Å². The Kier molecular flexibility index (Phi) is 5.74. The molecule has 28 heavy (non-hydrogen) atoms. The van der Waals surface area contributed by atoms with E-state index >= 15 is 0 Å². The van der Waals surface area contributed by atoms with E-state index in [1.807, 2.05) is 9.80 Å². The Balaban J connectivity index is 1.82. The second kappa shape index (κ2) is 7.64. The first-order valence-corrected chi connectivity index (χ1v) is 10.7. The quantitative estimate of drug-likeness (QED) is 0.458. The van der Waals surface area contributed by atoms with E-state index in [1.165, 1.54) is 0 Å². The SMILES string of the molecule is CC[N+](C)(C)CCN1C(=O)[C@H]2C=C[C@@H]1[C@@H]1C=C[C@@H]2N(CC[N+](C)(C)CC)C1=O. The Morgan fingerprint density at radius 2 is 1.07 bits per heavy atom. The predicted octanol–water partition coefficient (Wildman–Crippen LogP) is 0.959. The molecule has 1 fully saturated rings. The zero-order chi connectivity index (χ0) is 20.7. The van der Waals surface area contributed by atoms with Crippen LogP contribution in [0.15, 0.2) is 24.3 Å². The van der Waals surface area contributed by atoms with Gasteiger partial charge in [0.05, 0.1) is 91.4 Å². The number of likely N-dealkylation sites (N-methyl/N-ethyl adjacent to an activating group) is 2. The molecule has 0 aromatic heterocycles. The van der Waals surface area contributed by atoms with Crippen molar-refractivity contribution in [3.05, 3.63) is 24.3 Å². The molecule has 1 aliphatic carbocycles. The van der Waals surface area contributed by atoms with Gasteiger partial charge in [0.15, 0.2) is 0 Å². The maximum atomic E-state index is 13.4. The first-order valence-electron chi connectivity index (χ1n) is 10.7. The average Bonchev–Trinajstić information content (AvgIpc) is 2.63. The van der Waals surface area contributed by atoms with Gasteiger partial charge in [-0.05, 0) is 13.8 Å². The minimum Gasteiger partial charge on any atom is -0.329 e. The zero-order valence-corrected chi connectivity index (χ0v) is 18.5. The highest BCUT2D eigenvalue weighted by Gasteiger charge is 2.49. The summed E-state index contributed by atoms with van der Waals surface area (Å²) in [4.78, 5) is 30.7. The highest BCUT2D eigenvalue weighted by Crippen LogP contribution is 2.36. The molecule has 4 atom stereocenters. The number of amides is 2. The minimum atomic E-state index is -0.257. The lowest BCUT2D eigenvalue weighted by Crippen LogP contribution is -2.64. The molecule has 0 aromatic carbocycles. The summed E-state index contributed by atoms with van der Waals surface area (Å²) in [5, 5.41) is 0. The molecule has 0 N–H and O–H groups in total. The van der Waals surface area contributed by atoms with Crippen molar-refractivity contribution in [2.75, 3.05) is 67.5 Å². The first-order chi connectivity index (χ1) is 13.1. The number of rotatable bonds is 8. The predicted molar refractivity (Wildman–Crippen MR) is 111 cm³/mol. The van der Waals surface area contributed by atoms with E-state index in [1.54, 1.807) is 0 Å². The van der Waals surface area contributed by atoms with Crippen molar-refractivity contribution in [2.45, 2.75) is 25.9 Å². The number of hydrogen-bond acceptors (Lipinski definition) is 2. The van der Waals surface area contributed by atoms with Crippen LogP contribution in [0, 0.1) is 11.8 Å². The summed E-state index contributed by atoms with van der Waals surface area (Å²) in [5.74, 6) is -0.145. The zero-order valence-electron chi connectivity index (χ0n) is 18.5. The second-order valence-electron chi connectivity index (χ2n) is 9.82. The van der Waals surface area contributed by atoms with Crippen LogP contribution in [-0.4, -0.2) is 110 Å². The highest BCUT2D eigenvalue weighted by molar-refractivity contribution is 5.91. The Morgan fingerprint density at radius 1 is 0.714 bits per heavy atom. The molecule has 2 amide bonds. The van der Waals surface area contributed by atoms with Gasteiger partial charge in [-0.1, -0.05) is 24.3 Å². The molecule has 5 aliphatic heterocycles. The van der Waals surface area contributed by atoms with Crippen LogP contribution in [0.4, 0.5) is 0 Å². The molecular weight excluding hydrogens is 352 g/mol. The lowest BCUT2D eigenvalue weighted by atomic mass is 9.78. The van der Waals surface area contributed by atoms with E-state index in [4.69, 9.17) is 0 Å². The fourth-order valence-electron chi connectivity index (χ4n) is 4.25. The van der Waals surface area contributed by atoms with E-state index in [-0.39, 0.29) is 35.7 Å². The molecule has 6 heteroatoms. The van der Waals surface area contributed by atoms with Gasteiger partial charge in [0.25, 0.3) is 0 Å². The number of hydrogen-bond donors (Lipinski definition) is 0. The summed E-state index contributed by atoms with van der Waals surface area (Å²) in [6.45, 7) is 9.60. The maximum Gasteiger partial charge on any atom is 0.232 e. The van der Waals surface area contributed by atoms with Gasteiger partial charge in [-0.25, -0.2) is 0 Å². The van der Waals surface area contributed by atoms with Crippen molar-refractivity contribution in [1.29, 1.82) is 0 Å². The molecule has 6 rings (SSSR count). The van der Waals surface area contributed by atoms with Gasteiger partial charge in [0.2, 0.25) is 11.8 Å². The van der Waals surface area contributed by atoms with Crippen molar-refractivity contribution in [3.8, 4) is 0 Å². The van der Waals surface area contributed by atoms with Crippen molar-refractivity contribution >= 4 is 11.8 Å². The molecule has 6 nitrogen and oxygen atoms in total. The lowest BCUT2D eigenvalue weighted by Gasteiger charge is -2.50. The maximum absolute atomic E-state index is 13.4. The number of carbonyl (C=O) groups is 2. The van der Waals surface area contributed by atoms with E-state index < -0.39 is 0 Å². The highest BCUT2D eigenvalue weighted by atomic mass is 16.2. The molecule has 5 heterocycles. The van der Waals surface area contributed by atoms with Gasteiger partial charge in [-0.2, -0.15) is 0 Å². The Bertz CT molecular complexity index is 624. The van der Waals surface area contributed by atoms with Gasteiger partial charge >= 0.3 is 0 Å². The van der Waals surface area contributed by atoms with Gasteiger partial charge < -0.3 is 18.8 Å². The molecule has 0 radical (unpaired) electrons. The average molecular weight is 391 g/mol. The molecule has 0 spiro atoms. The number of quaternary nitrogens is 2. The van der Waals surface area contributed by atoms with Crippen LogP contribution in [0.1, 0.15) is 13.8 Å². The lowest BCUT2D eigenvalue weighted by molar-refractivity contribution is -0.888. The Labute approximate surface area is 170 Å². The minimum absolute atomic E-state index is 0.151. The van der Waals surface area contributed by atoms with Crippen LogP contribution in [0.3, 0.4) is 0 Å². The number of nitrogens with zero attached hydrogens (tertiary/aromatic N) is 4. The third-order valence-corrected chi connectivity index (χ3v) is 7.23.